The Morgan fingerprint density at radius 1 is 1.05 bits per heavy atom. The van der Waals surface area contributed by atoms with Gasteiger partial charge in [-0.2, -0.15) is 0 Å². The molecule has 0 aliphatic rings. The van der Waals surface area contributed by atoms with Gasteiger partial charge in [0, 0.05) is 23.5 Å². The van der Waals surface area contributed by atoms with Crippen LogP contribution in [-0.4, -0.2) is 12.5 Å². The third-order valence-corrected chi connectivity index (χ3v) is 3.30. The summed E-state index contributed by atoms with van der Waals surface area (Å²) in [6.07, 6.45) is 0. The maximum absolute atomic E-state index is 13.2. The van der Waals surface area contributed by atoms with Crippen LogP contribution in [0.4, 0.5) is 15.8 Å². The summed E-state index contributed by atoms with van der Waals surface area (Å²) in [6, 6.07) is 9.81. The van der Waals surface area contributed by atoms with Gasteiger partial charge < -0.3 is 10.6 Å². The van der Waals surface area contributed by atoms with Gasteiger partial charge in [-0.3, -0.25) is 4.79 Å². The third-order valence-electron chi connectivity index (χ3n) is 3.30. The number of rotatable bonds is 4. The third kappa shape index (κ3) is 3.60. The van der Waals surface area contributed by atoms with Crippen molar-refractivity contribution in [3.05, 3.63) is 58.9 Å². The molecule has 21 heavy (non-hydrogen) atoms. The molecule has 0 spiro atoms. The Balaban J connectivity index is 2.20. The van der Waals surface area contributed by atoms with Gasteiger partial charge in [-0.15, -0.1) is 0 Å². The van der Waals surface area contributed by atoms with E-state index in [-0.39, 0.29) is 11.7 Å². The second kappa shape index (κ2) is 6.39. The summed E-state index contributed by atoms with van der Waals surface area (Å²) >= 11 is 0. The zero-order valence-corrected chi connectivity index (χ0v) is 12.5. The van der Waals surface area contributed by atoms with Gasteiger partial charge in [-0.25, -0.2) is 4.39 Å². The Morgan fingerprint density at radius 3 is 2.48 bits per heavy atom. The number of carbonyl (C=O) groups excluding carboxylic acids is 1. The van der Waals surface area contributed by atoms with Gasteiger partial charge in [0.05, 0.1) is 0 Å². The molecule has 3 nitrogen and oxygen atoms in total. The minimum absolute atomic E-state index is 0.241. The largest absolute Gasteiger partial charge is 0.385 e. The highest BCUT2D eigenvalue weighted by atomic mass is 19.1. The zero-order chi connectivity index (χ0) is 15.4. The number of carbonyl (C=O) groups is 1. The molecule has 0 saturated heterocycles. The van der Waals surface area contributed by atoms with Gasteiger partial charge in [0.2, 0.25) is 0 Å². The molecule has 4 heteroatoms. The highest BCUT2D eigenvalue weighted by Crippen LogP contribution is 2.20. The summed E-state index contributed by atoms with van der Waals surface area (Å²) in [6.45, 7) is 6.62. The molecule has 2 N–H and O–H groups in total. The highest BCUT2D eigenvalue weighted by molar-refractivity contribution is 6.05. The lowest BCUT2D eigenvalue weighted by Gasteiger charge is -2.11. The molecule has 0 aliphatic carbocycles. The van der Waals surface area contributed by atoms with Crippen LogP contribution in [0.25, 0.3) is 0 Å². The van der Waals surface area contributed by atoms with Crippen LogP contribution in [0.3, 0.4) is 0 Å². The molecule has 0 radical (unpaired) electrons. The fourth-order valence-corrected chi connectivity index (χ4v) is 2.12. The van der Waals surface area contributed by atoms with Gasteiger partial charge in [-0.1, -0.05) is 6.07 Å². The first-order valence-electron chi connectivity index (χ1n) is 6.93. The Bertz CT molecular complexity index is 668. The van der Waals surface area contributed by atoms with E-state index < -0.39 is 0 Å². The van der Waals surface area contributed by atoms with Crippen molar-refractivity contribution in [3.8, 4) is 0 Å². The molecular weight excluding hydrogens is 267 g/mol. The van der Waals surface area contributed by atoms with Crippen molar-refractivity contribution in [2.45, 2.75) is 20.8 Å². The van der Waals surface area contributed by atoms with Crippen LogP contribution in [0.2, 0.25) is 0 Å². The van der Waals surface area contributed by atoms with Crippen molar-refractivity contribution in [1.29, 1.82) is 0 Å². The molecule has 2 aromatic rings. The number of aryl methyl sites for hydroxylation is 2. The molecule has 0 unspecified atom stereocenters. The smallest absolute Gasteiger partial charge is 0.255 e. The predicted molar refractivity (Wildman–Crippen MR) is 84.4 cm³/mol. The lowest BCUT2D eigenvalue weighted by Crippen LogP contribution is -2.13. The number of benzene rings is 2. The van der Waals surface area contributed by atoms with Crippen molar-refractivity contribution in [3.63, 3.8) is 0 Å². The molecule has 0 aromatic heterocycles. The van der Waals surface area contributed by atoms with Gasteiger partial charge in [0.1, 0.15) is 5.82 Å². The maximum atomic E-state index is 13.2. The van der Waals surface area contributed by atoms with Crippen LogP contribution in [0, 0.1) is 19.7 Å². The van der Waals surface area contributed by atoms with Gasteiger partial charge in [-0.05, 0) is 62.2 Å². The first-order valence-corrected chi connectivity index (χ1v) is 6.93. The van der Waals surface area contributed by atoms with Crippen molar-refractivity contribution in [2.75, 3.05) is 17.2 Å². The SMILES string of the molecule is CCNc1ccc(C(=O)Nc2cc(F)ccc2C)cc1C. The van der Waals surface area contributed by atoms with E-state index in [1.54, 1.807) is 12.1 Å². The summed E-state index contributed by atoms with van der Waals surface area (Å²) in [5.74, 6) is -0.607. The van der Waals surface area contributed by atoms with E-state index in [2.05, 4.69) is 10.6 Å². The van der Waals surface area contributed by atoms with Crippen molar-refractivity contribution in [1.82, 2.24) is 0 Å². The Morgan fingerprint density at radius 2 is 1.81 bits per heavy atom. The summed E-state index contributed by atoms with van der Waals surface area (Å²) < 4.78 is 13.2. The van der Waals surface area contributed by atoms with Crippen LogP contribution in [-0.2, 0) is 0 Å². The normalized spacial score (nSPS) is 10.3. The van der Waals surface area contributed by atoms with E-state index in [4.69, 9.17) is 0 Å². The molecule has 2 rings (SSSR count). The molecule has 0 atom stereocenters. The molecule has 0 aliphatic heterocycles. The van der Waals surface area contributed by atoms with Crippen molar-refractivity contribution >= 4 is 17.3 Å². The number of hydrogen-bond donors (Lipinski definition) is 2. The molecule has 110 valence electrons. The molecule has 0 fully saturated rings. The fraction of sp³-hybridized carbons (Fsp3) is 0.235. The number of hydrogen-bond acceptors (Lipinski definition) is 2. The molecule has 0 bridgehead atoms. The van der Waals surface area contributed by atoms with Gasteiger partial charge in [0.25, 0.3) is 5.91 Å². The number of amides is 1. The quantitative estimate of drug-likeness (QED) is 0.887. The fourth-order valence-electron chi connectivity index (χ4n) is 2.12. The summed E-state index contributed by atoms with van der Waals surface area (Å²) in [5, 5.41) is 5.97. The summed E-state index contributed by atoms with van der Waals surface area (Å²) in [5.41, 5.74) is 3.88. The molecular formula is C17H19FN2O. The molecule has 0 saturated carbocycles. The van der Waals surface area contributed by atoms with E-state index in [1.165, 1.54) is 12.1 Å². The maximum Gasteiger partial charge on any atom is 0.255 e. The highest BCUT2D eigenvalue weighted by Gasteiger charge is 2.10. The number of nitrogens with one attached hydrogen (secondary N) is 2. The Labute approximate surface area is 124 Å². The van der Waals surface area contributed by atoms with Gasteiger partial charge >= 0.3 is 0 Å². The van der Waals surface area contributed by atoms with E-state index >= 15 is 0 Å². The van der Waals surface area contributed by atoms with Crippen LogP contribution in [0.5, 0.6) is 0 Å². The number of anilines is 2. The second-order valence-corrected chi connectivity index (χ2v) is 4.97. The van der Waals surface area contributed by atoms with E-state index in [1.807, 2.05) is 32.9 Å². The lowest BCUT2D eigenvalue weighted by atomic mass is 10.1. The average molecular weight is 286 g/mol. The Hall–Kier alpha value is -2.36. The van der Waals surface area contributed by atoms with E-state index in [0.29, 0.717) is 11.3 Å². The minimum atomic E-state index is -0.366. The van der Waals surface area contributed by atoms with Crippen LogP contribution in [0.1, 0.15) is 28.4 Å². The topological polar surface area (TPSA) is 41.1 Å². The second-order valence-electron chi connectivity index (χ2n) is 4.97. The van der Waals surface area contributed by atoms with Crippen molar-refractivity contribution in [2.24, 2.45) is 0 Å². The van der Waals surface area contributed by atoms with Crippen molar-refractivity contribution < 1.29 is 9.18 Å². The molecule has 1 amide bonds. The first kappa shape index (κ1) is 15.0. The standard InChI is InChI=1S/C17H19FN2O/c1-4-19-15-8-6-13(9-12(15)3)17(21)20-16-10-14(18)7-5-11(16)2/h5-10,19H,4H2,1-3H3,(H,20,21). The number of halogens is 1. The zero-order valence-electron chi connectivity index (χ0n) is 12.5. The van der Waals surface area contributed by atoms with Crippen LogP contribution < -0.4 is 10.6 Å². The molecule has 0 heterocycles. The minimum Gasteiger partial charge on any atom is -0.385 e. The lowest BCUT2D eigenvalue weighted by molar-refractivity contribution is 0.102. The first-order chi connectivity index (χ1) is 10.0. The van der Waals surface area contributed by atoms with Crippen LogP contribution >= 0.6 is 0 Å². The average Bonchev–Trinajstić information content (AvgIpc) is 2.45. The van der Waals surface area contributed by atoms with Crippen LogP contribution in [0.15, 0.2) is 36.4 Å². The predicted octanol–water partition coefficient (Wildman–Crippen LogP) is 4.13. The summed E-state index contributed by atoms with van der Waals surface area (Å²) in [4.78, 5) is 12.2. The Kier molecular flexibility index (Phi) is 4.58. The monoisotopic (exact) mass is 286 g/mol. The molecule has 2 aromatic carbocycles. The van der Waals surface area contributed by atoms with Gasteiger partial charge in [0.15, 0.2) is 0 Å². The van der Waals surface area contributed by atoms with E-state index in [0.717, 1.165) is 23.4 Å². The summed E-state index contributed by atoms with van der Waals surface area (Å²) in [7, 11) is 0. The van der Waals surface area contributed by atoms with E-state index in [9.17, 15) is 9.18 Å².